The molecule has 1 aliphatic carbocycles. The monoisotopic (exact) mass is 297 g/mol. The second-order valence-corrected chi connectivity index (χ2v) is 6.74. The van der Waals surface area contributed by atoms with Gasteiger partial charge in [0.1, 0.15) is 4.90 Å². The Morgan fingerprint density at radius 1 is 1.15 bits per heavy atom. The van der Waals surface area contributed by atoms with Gasteiger partial charge in [-0.15, -0.1) is 0 Å². The van der Waals surface area contributed by atoms with Gasteiger partial charge in [0.25, 0.3) is 0 Å². The SMILES string of the molecule is NC1(C(=O)Nc2ccccc2S(N)(=O)=O)CCCCC1. The van der Waals surface area contributed by atoms with E-state index in [1.807, 2.05) is 0 Å². The van der Waals surface area contributed by atoms with Crippen LogP contribution < -0.4 is 16.2 Å². The first-order valence-electron chi connectivity index (χ1n) is 6.55. The van der Waals surface area contributed by atoms with E-state index in [0.29, 0.717) is 12.8 Å². The molecule has 0 heterocycles. The van der Waals surface area contributed by atoms with Crippen molar-refractivity contribution in [3.63, 3.8) is 0 Å². The van der Waals surface area contributed by atoms with Crippen molar-refractivity contribution in [1.29, 1.82) is 0 Å². The zero-order valence-corrected chi connectivity index (χ0v) is 11.9. The Hall–Kier alpha value is -1.44. The van der Waals surface area contributed by atoms with Gasteiger partial charge in [0, 0.05) is 0 Å². The highest BCUT2D eigenvalue weighted by atomic mass is 32.2. The molecule has 0 spiro atoms. The van der Waals surface area contributed by atoms with Gasteiger partial charge < -0.3 is 11.1 Å². The smallest absolute Gasteiger partial charge is 0.244 e. The van der Waals surface area contributed by atoms with Crippen LogP contribution in [0.25, 0.3) is 0 Å². The maximum atomic E-state index is 12.3. The van der Waals surface area contributed by atoms with Crippen LogP contribution in [0, 0.1) is 0 Å². The first kappa shape index (κ1) is 15.0. The van der Waals surface area contributed by atoms with Crippen molar-refractivity contribution >= 4 is 21.6 Å². The zero-order chi connectivity index (χ0) is 14.8. The minimum absolute atomic E-state index is 0.104. The third-order valence-corrected chi connectivity index (χ3v) is 4.61. The summed E-state index contributed by atoms with van der Waals surface area (Å²) in [5.74, 6) is -0.353. The molecule has 1 saturated carbocycles. The predicted molar refractivity (Wildman–Crippen MR) is 76.4 cm³/mol. The highest BCUT2D eigenvalue weighted by Gasteiger charge is 2.35. The summed E-state index contributed by atoms with van der Waals surface area (Å²) in [6, 6.07) is 6.04. The quantitative estimate of drug-likeness (QED) is 0.769. The molecule has 0 atom stereocenters. The molecule has 7 heteroatoms. The summed E-state index contributed by atoms with van der Waals surface area (Å²) in [6.45, 7) is 0. The first-order valence-corrected chi connectivity index (χ1v) is 8.10. The van der Waals surface area contributed by atoms with E-state index in [9.17, 15) is 13.2 Å². The van der Waals surface area contributed by atoms with E-state index in [2.05, 4.69) is 5.32 Å². The standard InChI is InChI=1S/C13H19N3O3S/c14-13(8-4-1-5-9-13)12(17)16-10-6-2-3-7-11(10)20(15,18)19/h2-3,6-7H,1,4-5,8-9,14H2,(H,16,17)(H2,15,18,19). The Morgan fingerprint density at radius 3 is 2.35 bits per heavy atom. The Bertz CT molecular complexity index is 607. The van der Waals surface area contributed by atoms with Crippen molar-refractivity contribution in [3.05, 3.63) is 24.3 Å². The maximum Gasteiger partial charge on any atom is 0.244 e. The van der Waals surface area contributed by atoms with Gasteiger partial charge in [0.2, 0.25) is 15.9 Å². The number of amides is 1. The molecule has 0 bridgehead atoms. The van der Waals surface area contributed by atoms with Crippen LogP contribution in [0.15, 0.2) is 29.2 Å². The number of rotatable bonds is 3. The molecule has 1 aliphatic rings. The van der Waals surface area contributed by atoms with Gasteiger partial charge >= 0.3 is 0 Å². The molecule has 0 radical (unpaired) electrons. The molecule has 6 nitrogen and oxygen atoms in total. The molecule has 1 amide bonds. The number of primary sulfonamides is 1. The second-order valence-electron chi connectivity index (χ2n) is 5.21. The van der Waals surface area contributed by atoms with Crippen LogP contribution in [-0.4, -0.2) is 19.9 Å². The number of hydrogen-bond donors (Lipinski definition) is 3. The van der Waals surface area contributed by atoms with E-state index >= 15 is 0 Å². The number of carbonyl (C=O) groups excluding carboxylic acids is 1. The second kappa shape index (κ2) is 5.51. The highest BCUT2D eigenvalue weighted by molar-refractivity contribution is 7.89. The summed E-state index contributed by atoms with van der Waals surface area (Å²) in [6.07, 6.45) is 4.09. The largest absolute Gasteiger partial charge is 0.323 e. The average molecular weight is 297 g/mol. The molecule has 0 aliphatic heterocycles. The van der Waals surface area contributed by atoms with Crippen LogP contribution in [-0.2, 0) is 14.8 Å². The van der Waals surface area contributed by atoms with E-state index in [4.69, 9.17) is 10.9 Å². The summed E-state index contributed by atoms with van der Waals surface area (Å²) < 4.78 is 23.0. The molecule has 2 rings (SSSR count). The molecule has 1 fully saturated rings. The third kappa shape index (κ3) is 3.17. The van der Waals surface area contributed by atoms with Crippen LogP contribution in [0.5, 0.6) is 0 Å². The minimum Gasteiger partial charge on any atom is -0.323 e. The number of para-hydroxylation sites is 1. The van der Waals surface area contributed by atoms with Crippen LogP contribution in [0.1, 0.15) is 32.1 Å². The highest BCUT2D eigenvalue weighted by Crippen LogP contribution is 2.28. The van der Waals surface area contributed by atoms with Crippen LogP contribution >= 0.6 is 0 Å². The molecule has 1 aromatic rings. The Morgan fingerprint density at radius 2 is 1.75 bits per heavy atom. The van der Waals surface area contributed by atoms with Gasteiger partial charge in [-0.05, 0) is 25.0 Å². The minimum atomic E-state index is -3.89. The zero-order valence-electron chi connectivity index (χ0n) is 11.1. The lowest BCUT2D eigenvalue weighted by atomic mass is 9.82. The van der Waals surface area contributed by atoms with Crippen molar-refractivity contribution in [3.8, 4) is 0 Å². The summed E-state index contributed by atoms with van der Waals surface area (Å²) in [5.41, 5.74) is 5.37. The van der Waals surface area contributed by atoms with E-state index in [1.165, 1.54) is 12.1 Å². The lowest BCUT2D eigenvalue weighted by molar-refractivity contribution is -0.122. The fourth-order valence-corrected chi connectivity index (χ4v) is 3.17. The molecule has 5 N–H and O–H groups in total. The topological polar surface area (TPSA) is 115 Å². The van der Waals surface area contributed by atoms with Crippen molar-refractivity contribution in [2.24, 2.45) is 10.9 Å². The summed E-state index contributed by atoms with van der Waals surface area (Å²) in [4.78, 5) is 12.2. The molecule has 20 heavy (non-hydrogen) atoms. The summed E-state index contributed by atoms with van der Waals surface area (Å²) in [5, 5.41) is 7.74. The Balaban J connectivity index is 2.24. The number of sulfonamides is 1. The van der Waals surface area contributed by atoms with Gasteiger partial charge in [-0.2, -0.15) is 0 Å². The van der Waals surface area contributed by atoms with E-state index in [0.717, 1.165) is 19.3 Å². The van der Waals surface area contributed by atoms with Crippen molar-refractivity contribution in [2.75, 3.05) is 5.32 Å². The number of nitrogens with one attached hydrogen (secondary N) is 1. The first-order chi connectivity index (χ1) is 9.33. The average Bonchev–Trinajstić information content (AvgIpc) is 2.39. The van der Waals surface area contributed by atoms with E-state index < -0.39 is 15.6 Å². The molecule has 0 aromatic heterocycles. The Kier molecular flexibility index (Phi) is 4.12. The fourth-order valence-electron chi connectivity index (χ4n) is 2.47. The van der Waals surface area contributed by atoms with E-state index in [-0.39, 0.29) is 16.5 Å². The fraction of sp³-hybridized carbons (Fsp3) is 0.462. The molecular formula is C13H19N3O3S. The molecule has 110 valence electrons. The van der Waals surface area contributed by atoms with Crippen molar-refractivity contribution in [2.45, 2.75) is 42.5 Å². The molecular weight excluding hydrogens is 278 g/mol. The van der Waals surface area contributed by atoms with Gasteiger partial charge in [-0.3, -0.25) is 4.79 Å². The predicted octanol–water partition coefficient (Wildman–Crippen LogP) is 0.934. The molecule has 1 aromatic carbocycles. The van der Waals surface area contributed by atoms with Gasteiger partial charge in [0.15, 0.2) is 0 Å². The number of anilines is 1. The molecule has 0 unspecified atom stereocenters. The van der Waals surface area contributed by atoms with Crippen molar-refractivity contribution in [1.82, 2.24) is 0 Å². The van der Waals surface area contributed by atoms with Crippen molar-refractivity contribution < 1.29 is 13.2 Å². The molecule has 0 saturated heterocycles. The summed E-state index contributed by atoms with van der Waals surface area (Å²) >= 11 is 0. The number of carbonyl (C=O) groups is 1. The van der Waals surface area contributed by atoms with E-state index in [1.54, 1.807) is 12.1 Å². The van der Waals surface area contributed by atoms with Crippen LogP contribution in [0.4, 0.5) is 5.69 Å². The van der Waals surface area contributed by atoms with Crippen LogP contribution in [0.3, 0.4) is 0 Å². The number of benzene rings is 1. The Labute approximate surface area is 118 Å². The lowest BCUT2D eigenvalue weighted by Gasteiger charge is -2.32. The maximum absolute atomic E-state index is 12.3. The normalized spacial score (nSPS) is 18.5. The number of hydrogen-bond acceptors (Lipinski definition) is 4. The third-order valence-electron chi connectivity index (χ3n) is 3.64. The number of nitrogens with two attached hydrogens (primary N) is 2. The van der Waals surface area contributed by atoms with Gasteiger partial charge in [0.05, 0.1) is 11.2 Å². The van der Waals surface area contributed by atoms with Gasteiger partial charge in [-0.1, -0.05) is 31.4 Å². The lowest BCUT2D eigenvalue weighted by Crippen LogP contribution is -2.52. The van der Waals surface area contributed by atoms with Crippen LogP contribution in [0.2, 0.25) is 0 Å². The summed E-state index contributed by atoms with van der Waals surface area (Å²) in [7, 11) is -3.89. The van der Waals surface area contributed by atoms with Gasteiger partial charge in [-0.25, -0.2) is 13.6 Å².